The van der Waals surface area contributed by atoms with Gasteiger partial charge in [-0.15, -0.1) is 10.2 Å². The van der Waals surface area contributed by atoms with E-state index in [2.05, 4.69) is 15.5 Å². The van der Waals surface area contributed by atoms with E-state index in [0.29, 0.717) is 13.1 Å². The van der Waals surface area contributed by atoms with Gasteiger partial charge in [0.05, 0.1) is 12.1 Å². The molecule has 2 N–H and O–H groups in total. The average molecular weight is 224 g/mol. The second-order valence-corrected chi connectivity index (χ2v) is 4.76. The van der Waals surface area contributed by atoms with Crippen LogP contribution in [0.1, 0.15) is 37.3 Å². The molecule has 0 atom stereocenters. The maximum atomic E-state index is 10.1. The Morgan fingerprint density at radius 1 is 1.38 bits per heavy atom. The van der Waals surface area contributed by atoms with Crippen LogP contribution >= 0.6 is 0 Å². The molecule has 1 aliphatic rings. The zero-order valence-corrected chi connectivity index (χ0v) is 10.0. The molecule has 0 bridgehead atoms. The number of hydrogen-bond acceptors (Lipinski definition) is 4. The summed E-state index contributed by atoms with van der Waals surface area (Å²) in [6, 6.07) is 0. The lowest BCUT2D eigenvalue weighted by molar-refractivity contribution is 0.0472. The van der Waals surface area contributed by atoms with Gasteiger partial charge < -0.3 is 15.0 Å². The number of hydrogen-bond donors (Lipinski definition) is 2. The van der Waals surface area contributed by atoms with Gasteiger partial charge in [0.25, 0.3) is 0 Å². The van der Waals surface area contributed by atoms with Gasteiger partial charge in [0.2, 0.25) is 0 Å². The smallest absolute Gasteiger partial charge is 0.146 e. The van der Waals surface area contributed by atoms with E-state index in [4.69, 9.17) is 0 Å². The molecule has 90 valence electrons. The van der Waals surface area contributed by atoms with Crippen molar-refractivity contribution in [1.82, 2.24) is 20.1 Å². The minimum Gasteiger partial charge on any atom is -0.389 e. The van der Waals surface area contributed by atoms with Crippen LogP contribution in [0.3, 0.4) is 0 Å². The van der Waals surface area contributed by atoms with E-state index in [1.165, 1.54) is 0 Å². The molecule has 16 heavy (non-hydrogen) atoms. The Morgan fingerprint density at radius 3 is 2.62 bits per heavy atom. The van der Waals surface area contributed by atoms with E-state index < -0.39 is 5.60 Å². The third-order valence-electron chi connectivity index (χ3n) is 3.45. The zero-order valence-electron chi connectivity index (χ0n) is 10.0. The summed E-state index contributed by atoms with van der Waals surface area (Å²) in [5.41, 5.74) is -0.492. The molecular weight excluding hydrogens is 204 g/mol. The number of aromatic nitrogens is 3. The van der Waals surface area contributed by atoms with E-state index in [1.807, 2.05) is 18.5 Å². The van der Waals surface area contributed by atoms with Crippen LogP contribution in [0.5, 0.6) is 0 Å². The van der Waals surface area contributed by atoms with Gasteiger partial charge in [-0.2, -0.15) is 0 Å². The SMILES string of the molecule is Cc1nnc(CNCC2(O)CCCC2)n1C. The Bertz CT molecular complexity index is 355. The first-order chi connectivity index (χ1) is 7.61. The fourth-order valence-electron chi connectivity index (χ4n) is 2.22. The second kappa shape index (κ2) is 4.51. The van der Waals surface area contributed by atoms with Gasteiger partial charge in [-0.05, 0) is 19.8 Å². The summed E-state index contributed by atoms with van der Waals surface area (Å²) < 4.78 is 1.96. The molecular formula is C11H20N4O. The van der Waals surface area contributed by atoms with Crippen molar-refractivity contribution in [3.63, 3.8) is 0 Å². The molecule has 1 aromatic rings. The Hall–Kier alpha value is -0.940. The summed E-state index contributed by atoms with van der Waals surface area (Å²) in [5.74, 6) is 1.83. The first kappa shape index (κ1) is 11.5. The van der Waals surface area contributed by atoms with E-state index in [1.54, 1.807) is 0 Å². The quantitative estimate of drug-likeness (QED) is 0.782. The first-order valence-corrected chi connectivity index (χ1v) is 5.89. The highest BCUT2D eigenvalue weighted by atomic mass is 16.3. The summed E-state index contributed by atoms with van der Waals surface area (Å²) in [7, 11) is 1.95. The van der Waals surface area contributed by atoms with Gasteiger partial charge in [0.1, 0.15) is 11.6 Å². The summed E-state index contributed by atoms with van der Waals surface area (Å²) in [6.07, 6.45) is 4.11. The Labute approximate surface area is 95.9 Å². The van der Waals surface area contributed by atoms with E-state index in [-0.39, 0.29) is 0 Å². The standard InChI is InChI=1S/C11H20N4O/c1-9-13-14-10(15(9)2)7-12-8-11(16)5-3-4-6-11/h12,16H,3-8H2,1-2H3. The van der Waals surface area contributed by atoms with Crippen LogP contribution in [0, 0.1) is 6.92 Å². The van der Waals surface area contributed by atoms with Gasteiger partial charge in [-0.1, -0.05) is 12.8 Å². The molecule has 0 unspecified atom stereocenters. The molecule has 5 heteroatoms. The van der Waals surface area contributed by atoms with Gasteiger partial charge in [0.15, 0.2) is 0 Å². The largest absolute Gasteiger partial charge is 0.389 e. The highest BCUT2D eigenvalue weighted by Gasteiger charge is 2.30. The molecule has 1 aliphatic carbocycles. The third-order valence-corrected chi connectivity index (χ3v) is 3.45. The van der Waals surface area contributed by atoms with Crippen molar-refractivity contribution < 1.29 is 5.11 Å². The fraction of sp³-hybridized carbons (Fsp3) is 0.818. The van der Waals surface area contributed by atoms with Crippen molar-refractivity contribution in [2.45, 2.75) is 44.8 Å². The molecule has 1 fully saturated rings. The van der Waals surface area contributed by atoms with Crippen LogP contribution in [0.15, 0.2) is 0 Å². The summed E-state index contributed by atoms with van der Waals surface area (Å²) in [5, 5.41) is 21.5. The number of nitrogens with one attached hydrogen (secondary N) is 1. The normalized spacial score (nSPS) is 19.2. The molecule has 1 heterocycles. The first-order valence-electron chi connectivity index (χ1n) is 5.89. The molecule has 5 nitrogen and oxygen atoms in total. The van der Waals surface area contributed by atoms with Gasteiger partial charge >= 0.3 is 0 Å². The third kappa shape index (κ3) is 2.41. The maximum Gasteiger partial charge on any atom is 0.146 e. The highest BCUT2D eigenvalue weighted by Crippen LogP contribution is 2.28. The van der Waals surface area contributed by atoms with Gasteiger partial charge in [-0.3, -0.25) is 0 Å². The molecule has 0 aliphatic heterocycles. The zero-order chi connectivity index (χ0) is 11.6. The van der Waals surface area contributed by atoms with Crippen LogP contribution < -0.4 is 5.32 Å². The highest BCUT2D eigenvalue weighted by molar-refractivity contribution is 4.93. The molecule has 0 radical (unpaired) electrons. The summed E-state index contributed by atoms with van der Waals surface area (Å²) in [4.78, 5) is 0. The lowest BCUT2D eigenvalue weighted by atomic mass is 10.0. The molecule has 0 spiro atoms. The molecule has 1 aromatic heterocycles. The Kier molecular flexibility index (Phi) is 3.25. The van der Waals surface area contributed by atoms with Crippen molar-refractivity contribution in [2.24, 2.45) is 7.05 Å². The van der Waals surface area contributed by atoms with E-state index in [9.17, 15) is 5.11 Å². The lowest BCUT2D eigenvalue weighted by Crippen LogP contribution is -2.38. The van der Waals surface area contributed by atoms with Crippen molar-refractivity contribution in [1.29, 1.82) is 0 Å². The van der Waals surface area contributed by atoms with Crippen molar-refractivity contribution in [3.05, 3.63) is 11.6 Å². The number of aryl methyl sites for hydroxylation is 1. The van der Waals surface area contributed by atoms with Gasteiger partial charge in [-0.25, -0.2) is 0 Å². The fourth-order valence-corrected chi connectivity index (χ4v) is 2.22. The predicted molar refractivity (Wildman–Crippen MR) is 60.9 cm³/mol. The summed E-state index contributed by atoms with van der Waals surface area (Å²) in [6.45, 7) is 3.25. The Balaban J connectivity index is 1.82. The van der Waals surface area contributed by atoms with Crippen molar-refractivity contribution in [3.8, 4) is 0 Å². The topological polar surface area (TPSA) is 63.0 Å². The lowest BCUT2D eigenvalue weighted by Gasteiger charge is -2.22. The molecule has 0 aromatic carbocycles. The average Bonchev–Trinajstić information content (AvgIpc) is 2.80. The molecule has 2 rings (SSSR count). The Morgan fingerprint density at radius 2 is 2.06 bits per heavy atom. The van der Waals surface area contributed by atoms with Crippen molar-refractivity contribution in [2.75, 3.05) is 6.54 Å². The van der Waals surface area contributed by atoms with Crippen molar-refractivity contribution >= 4 is 0 Å². The molecule has 0 saturated heterocycles. The minimum absolute atomic E-state index is 0.492. The van der Waals surface area contributed by atoms with Crippen LogP contribution in [-0.2, 0) is 13.6 Å². The monoisotopic (exact) mass is 224 g/mol. The van der Waals surface area contributed by atoms with Gasteiger partial charge in [0, 0.05) is 13.6 Å². The molecule has 0 amide bonds. The summed E-state index contributed by atoms with van der Waals surface area (Å²) >= 11 is 0. The second-order valence-electron chi connectivity index (χ2n) is 4.76. The van der Waals surface area contributed by atoms with Crippen LogP contribution in [0.2, 0.25) is 0 Å². The van der Waals surface area contributed by atoms with Crippen LogP contribution in [0.4, 0.5) is 0 Å². The minimum atomic E-state index is -0.492. The predicted octanol–water partition coefficient (Wildman–Crippen LogP) is 0.518. The van der Waals surface area contributed by atoms with E-state index >= 15 is 0 Å². The van der Waals surface area contributed by atoms with Crippen LogP contribution in [0.25, 0.3) is 0 Å². The molecule has 1 saturated carbocycles. The van der Waals surface area contributed by atoms with Crippen LogP contribution in [-0.4, -0.2) is 32.0 Å². The maximum absolute atomic E-state index is 10.1. The number of rotatable bonds is 4. The number of aliphatic hydroxyl groups is 1. The number of nitrogens with zero attached hydrogens (tertiary/aromatic N) is 3. The van der Waals surface area contributed by atoms with E-state index in [0.717, 1.165) is 37.3 Å².